The largest absolute Gasteiger partial charge is 0.469 e. The zero-order valence-electron chi connectivity index (χ0n) is 10.0. The van der Waals surface area contributed by atoms with Crippen molar-refractivity contribution in [3.8, 4) is 0 Å². The van der Waals surface area contributed by atoms with Crippen molar-refractivity contribution in [3.05, 3.63) is 35.9 Å². The minimum Gasteiger partial charge on any atom is -0.469 e. The molecule has 1 saturated heterocycles. The Morgan fingerprint density at radius 3 is 2.76 bits per heavy atom. The summed E-state index contributed by atoms with van der Waals surface area (Å²) in [7, 11) is 1.41. The number of carbonyl (C=O) groups is 1. The molecular weight excluding hydrogens is 216 g/mol. The molecule has 1 aliphatic rings. The molecule has 2 unspecified atom stereocenters. The van der Waals surface area contributed by atoms with E-state index in [2.05, 4.69) is 17.0 Å². The average Bonchev–Trinajstić information content (AvgIpc) is 2.70. The van der Waals surface area contributed by atoms with Crippen LogP contribution >= 0.6 is 0 Å². The van der Waals surface area contributed by atoms with Gasteiger partial charge in [0.25, 0.3) is 0 Å². The fourth-order valence-electron chi connectivity index (χ4n) is 2.28. The van der Waals surface area contributed by atoms with Gasteiger partial charge in [0.2, 0.25) is 0 Å². The van der Waals surface area contributed by atoms with Crippen molar-refractivity contribution >= 4 is 5.97 Å². The summed E-state index contributed by atoms with van der Waals surface area (Å²) < 4.78 is 4.76. The van der Waals surface area contributed by atoms with E-state index >= 15 is 0 Å². The molecule has 1 aliphatic heterocycles. The predicted molar refractivity (Wildman–Crippen MR) is 65.2 cm³/mol. The third-order valence-electron chi connectivity index (χ3n) is 3.19. The van der Waals surface area contributed by atoms with Crippen LogP contribution in [0.25, 0.3) is 0 Å². The lowest BCUT2D eigenvalue weighted by Gasteiger charge is -2.14. The van der Waals surface area contributed by atoms with E-state index in [9.17, 15) is 4.79 Å². The van der Waals surface area contributed by atoms with E-state index in [0.717, 1.165) is 13.1 Å². The lowest BCUT2D eigenvalue weighted by Crippen LogP contribution is -2.34. The molecular formula is C13H18N2O2. The van der Waals surface area contributed by atoms with Crippen molar-refractivity contribution in [2.24, 2.45) is 11.7 Å². The third-order valence-corrected chi connectivity index (χ3v) is 3.19. The second-order valence-electron chi connectivity index (χ2n) is 4.47. The van der Waals surface area contributed by atoms with E-state index in [1.165, 1.54) is 12.7 Å². The van der Waals surface area contributed by atoms with Gasteiger partial charge in [0.15, 0.2) is 0 Å². The number of likely N-dealkylation sites (tertiary alicyclic amines) is 1. The number of esters is 1. The number of methoxy groups -OCH3 is 1. The van der Waals surface area contributed by atoms with Crippen LogP contribution in [-0.4, -0.2) is 37.1 Å². The number of nitrogens with zero attached hydrogens (tertiary/aromatic N) is 1. The molecule has 0 radical (unpaired) electrons. The first-order valence-corrected chi connectivity index (χ1v) is 5.80. The summed E-state index contributed by atoms with van der Waals surface area (Å²) in [6, 6.07) is 10.1. The van der Waals surface area contributed by atoms with Gasteiger partial charge in [0, 0.05) is 25.7 Å². The minimum absolute atomic E-state index is 0.119. The topological polar surface area (TPSA) is 55.6 Å². The molecule has 0 bridgehead atoms. The first-order chi connectivity index (χ1) is 8.20. The number of carbonyl (C=O) groups excluding carboxylic acids is 1. The van der Waals surface area contributed by atoms with Crippen molar-refractivity contribution < 1.29 is 9.53 Å². The molecule has 1 heterocycles. The van der Waals surface area contributed by atoms with Crippen molar-refractivity contribution in [1.29, 1.82) is 0 Å². The molecule has 0 aromatic heterocycles. The van der Waals surface area contributed by atoms with Gasteiger partial charge in [-0.1, -0.05) is 30.3 Å². The molecule has 0 spiro atoms. The summed E-state index contributed by atoms with van der Waals surface area (Å²) in [6.45, 7) is 2.26. The van der Waals surface area contributed by atoms with Gasteiger partial charge in [-0.25, -0.2) is 0 Å². The van der Waals surface area contributed by atoms with Crippen LogP contribution < -0.4 is 5.73 Å². The van der Waals surface area contributed by atoms with E-state index in [1.54, 1.807) is 0 Å². The van der Waals surface area contributed by atoms with Crippen LogP contribution in [0.2, 0.25) is 0 Å². The standard InChI is InChI=1S/C13H18N2O2/c1-17-13(16)11-8-15(9-12(11)14)7-10-5-3-2-4-6-10/h2-6,11-12H,7-9,14H2,1H3. The highest BCUT2D eigenvalue weighted by Crippen LogP contribution is 2.19. The van der Waals surface area contributed by atoms with Crippen LogP contribution in [0.5, 0.6) is 0 Å². The normalized spacial score (nSPS) is 24.8. The predicted octanol–water partition coefficient (Wildman–Crippen LogP) is 0.619. The third kappa shape index (κ3) is 2.84. The Labute approximate surface area is 101 Å². The van der Waals surface area contributed by atoms with Gasteiger partial charge in [0.05, 0.1) is 13.0 Å². The number of hydrogen-bond donors (Lipinski definition) is 1. The maximum Gasteiger partial charge on any atom is 0.311 e. The molecule has 92 valence electrons. The van der Waals surface area contributed by atoms with Crippen LogP contribution in [0, 0.1) is 5.92 Å². The number of hydrogen-bond acceptors (Lipinski definition) is 4. The van der Waals surface area contributed by atoms with Gasteiger partial charge in [-0.15, -0.1) is 0 Å². The van der Waals surface area contributed by atoms with Crippen molar-refractivity contribution in [1.82, 2.24) is 4.90 Å². The van der Waals surface area contributed by atoms with E-state index in [0.29, 0.717) is 6.54 Å². The summed E-state index contributed by atoms with van der Waals surface area (Å²) in [5.41, 5.74) is 7.20. The molecule has 17 heavy (non-hydrogen) atoms. The molecule has 0 saturated carbocycles. The second kappa shape index (κ2) is 5.29. The van der Waals surface area contributed by atoms with Crippen LogP contribution in [0.1, 0.15) is 5.56 Å². The fourth-order valence-corrected chi connectivity index (χ4v) is 2.28. The average molecular weight is 234 g/mol. The van der Waals surface area contributed by atoms with Crippen LogP contribution in [-0.2, 0) is 16.1 Å². The minimum atomic E-state index is -0.201. The second-order valence-corrected chi connectivity index (χ2v) is 4.47. The van der Waals surface area contributed by atoms with E-state index in [-0.39, 0.29) is 17.9 Å². The van der Waals surface area contributed by atoms with Crippen LogP contribution in [0.3, 0.4) is 0 Å². The smallest absolute Gasteiger partial charge is 0.311 e. The Hall–Kier alpha value is -1.39. The maximum absolute atomic E-state index is 11.5. The van der Waals surface area contributed by atoms with Crippen LogP contribution in [0.15, 0.2) is 30.3 Å². The van der Waals surface area contributed by atoms with E-state index < -0.39 is 0 Å². The zero-order chi connectivity index (χ0) is 12.3. The first kappa shape index (κ1) is 12.1. The highest BCUT2D eigenvalue weighted by Gasteiger charge is 2.35. The summed E-state index contributed by atoms with van der Waals surface area (Å²) in [4.78, 5) is 13.7. The zero-order valence-corrected chi connectivity index (χ0v) is 10.0. The Morgan fingerprint density at radius 2 is 2.12 bits per heavy atom. The maximum atomic E-state index is 11.5. The SMILES string of the molecule is COC(=O)C1CN(Cc2ccccc2)CC1N. The lowest BCUT2D eigenvalue weighted by molar-refractivity contribution is -0.145. The molecule has 2 atom stereocenters. The monoisotopic (exact) mass is 234 g/mol. The number of rotatable bonds is 3. The molecule has 4 heteroatoms. The Morgan fingerprint density at radius 1 is 1.41 bits per heavy atom. The van der Waals surface area contributed by atoms with Gasteiger partial charge in [-0.3, -0.25) is 9.69 Å². The Balaban J connectivity index is 1.95. The summed E-state index contributed by atoms with van der Waals surface area (Å²) in [6.07, 6.45) is 0. The molecule has 2 rings (SSSR count). The molecule has 2 N–H and O–H groups in total. The first-order valence-electron chi connectivity index (χ1n) is 5.80. The van der Waals surface area contributed by atoms with Crippen LogP contribution in [0.4, 0.5) is 0 Å². The Bertz CT molecular complexity index is 380. The van der Waals surface area contributed by atoms with E-state index in [1.807, 2.05) is 18.2 Å². The number of benzene rings is 1. The highest BCUT2D eigenvalue weighted by atomic mass is 16.5. The molecule has 1 fully saturated rings. The fraction of sp³-hybridized carbons (Fsp3) is 0.462. The lowest BCUT2D eigenvalue weighted by atomic mass is 10.1. The van der Waals surface area contributed by atoms with Gasteiger partial charge < -0.3 is 10.5 Å². The van der Waals surface area contributed by atoms with Gasteiger partial charge in [-0.05, 0) is 5.56 Å². The van der Waals surface area contributed by atoms with Crippen molar-refractivity contribution in [2.75, 3.05) is 20.2 Å². The summed E-state index contributed by atoms with van der Waals surface area (Å²) in [5.74, 6) is -0.392. The number of nitrogens with two attached hydrogens (primary N) is 1. The molecule has 1 aromatic carbocycles. The number of ether oxygens (including phenoxy) is 1. The summed E-state index contributed by atoms with van der Waals surface area (Å²) in [5, 5.41) is 0. The quantitative estimate of drug-likeness (QED) is 0.779. The summed E-state index contributed by atoms with van der Waals surface area (Å²) >= 11 is 0. The van der Waals surface area contributed by atoms with E-state index in [4.69, 9.17) is 10.5 Å². The van der Waals surface area contributed by atoms with Gasteiger partial charge in [-0.2, -0.15) is 0 Å². The Kier molecular flexibility index (Phi) is 3.76. The van der Waals surface area contributed by atoms with Gasteiger partial charge in [0.1, 0.15) is 0 Å². The molecule has 0 aliphatic carbocycles. The van der Waals surface area contributed by atoms with Crippen molar-refractivity contribution in [3.63, 3.8) is 0 Å². The molecule has 0 amide bonds. The van der Waals surface area contributed by atoms with Gasteiger partial charge >= 0.3 is 5.97 Å². The highest BCUT2D eigenvalue weighted by molar-refractivity contribution is 5.73. The molecule has 1 aromatic rings. The molecule has 4 nitrogen and oxygen atoms in total. The van der Waals surface area contributed by atoms with Crippen molar-refractivity contribution in [2.45, 2.75) is 12.6 Å².